The van der Waals surface area contributed by atoms with Gasteiger partial charge in [0, 0.05) is 19.1 Å². The van der Waals surface area contributed by atoms with Crippen LogP contribution in [-0.2, 0) is 11.8 Å². The van der Waals surface area contributed by atoms with Crippen LogP contribution < -0.4 is 5.73 Å². The fraction of sp³-hybridized carbons (Fsp3) is 0.647. The minimum Gasteiger partial charge on any atom is -0.329 e. The van der Waals surface area contributed by atoms with Crippen molar-refractivity contribution in [1.29, 1.82) is 0 Å². The maximum Gasteiger partial charge on any atom is 0.0187 e. The average Bonchev–Trinajstić information content (AvgIpc) is 2.34. The summed E-state index contributed by atoms with van der Waals surface area (Å²) in [5, 5.41) is 0. The second-order valence-electron chi connectivity index (χ2n) is 6.71. The van der Waals surface area contributed by atoms with Gasteiger partial charge in [0.05, 0.1) is 0 Å². The van der Waals surface area contributed by atoms with Crippen molar-refractivity contribution in [3.8, 4) is 0 Å². The van der Waals surface area contributed by atoms with E-state index in [4.69, 9.17) is 5.73 Å². The molecule has 0 fully saturated rings. The molecule has 1 unspecified atom stereocenters. The fourth-order valence-corrected chi connectivity index (χ4v) is 2.14. The lowest BCUT2D eigenvalue weighted by Gasteiger charge is -2.24. The van der Waals surface area contributed by atoms with E-state index in [1.807, 2.05) is 0 Å². The van der Waals surface area contributed by atoms with E-state index in [0.29, 0.717) is 6.04 Å². The van der Waals surface area contributed by atoms with Gasteiger partial charge in [-0.2, -0.15) is 0 Å². The molecule has 2 heteroatoms. The van der Waals surface area contributed by atoms with Crippen molar-refractivity contribution in [1.82, 2.24) is 4.90 Å². The summed E-state index contributed by atoms with van der Waals surface area (Å²) < 4.78 is 0. The highest BCUT2D eigenvalue weighted by Gasteiger charge is 2.14. The van der Waals surface area contributed by atoms with E-state index < -0.39 is 0 Å². The molecule has 1 aromatic carbocycles. The van der Waals surface area contributed by atoms with Crippen molar-refractivity contribution in [2.24, 2.45) is 5.73 Å². The summed E-state index contributed by atoms with van der Waals surface area (Å²) in [6, 6.07) is 7.35. The first-order valence-corrected chi connectivity index (χ1v) is 7.26. The molecule has 1 atom stereocenters. The average molecular weight is 262 g/mol. The number of nitrogens with zero attached hydrogens (tertiary/aromatic N) is 1. The molecule has 0 saturated carbocycles. The molecular weight excluding hydrogens is 232 g/mol. The zero-order valence-electron chi connectivity index (χ0n) is 13.5. The van der Waals surface area contributed by atoms with Crippen LogP contribution in [0.4, 0.5) is 0 Å². The molecule has 0 saturated heterocycles. The Morgan fingerprint density at radius 3 is 2.37 bits per heavy atom. The second kappa shape index (κ2) is 6.53. The molecule has 108 valence electrons. The van der Waals surface area contributed by atoms with E-state index in [-0.39, 0.29) is 5.41 Å². The van der Waals surface area contributed by atoms with Crippen LogP contribution in [0.15, 0.2) is 18.2 Å². The van der Waals surface area contributed by atoms with Crippen LogP contribution in [0.1, 0.15) is 44.4 Å². The first kappa shape index (κ1) is 16.2. The Morgan fingerprint density at radius 1 is 1.26 bits per heavy atom. The van der Waals surface area contributed by atoms with E-state index in [1.165, 1.54) is 16.7 Å². The molecule has 1 rings (SSSR count). The summed E-state index contributed by atoms with van der Waals surface area (Å²) in [5.41, 5.74) is 10.2. The SMILES string of the molecule is Cc1cc(C(C)(C)C)ccc1CCN(C)C(C)CN. The molecular formula is C17H30N2. The van der Waals surface area contributed by atoms with Gasteiger partial charge in [-0.05, 0) is 49.4 Å². The lowest BCUT2D eigenvalue weighted by atomic mass is 9.85. The van der Waals surface area contributed by atoms with E-state index in [9.17, 15) is 0 Å². The van der Waals surface area contributed by atoms with Crippen molar-refractivity contribution in [2.75, 3.05) is 20.1 Å². The molecule has 0 spiro atoms. The summed E-state index contributed by atoms with van der Waals surface area (Å²) >= 11 is 0. The maximum atomic E-state index is 5.70. The zero-order valence-corrected chi connectivity index (χ0v) is 13.5. The van der Waals surface area contributed by atoms with Crippen LogP contribution in [-0.4, -0.2) is 31.1 Å². The van der Waals surface area contributed by atoms with Crippen molar-refractivity contribution < 1.29 is 0 Å². The Balaban J connectivity index is 2.71. The molecule has 0 bridgehead atoms. The largest absolute Gasteiger partial charge is 0.329 e. The minimum atomic E-state index is 0.230. The number of aryl methyl sites for hydroxylation is 1. The number of hydrogen-bond donors (Lipinski definition) is 1. The molecule has 2 nitrogen and oxygen atoms in total. The fourth-order valence-electron chi connectivity index (χ4n) is 2.14. The Hall–Kier alpha value is -0.860. The van der Waals surface area contributed by atoms with E-state index in [0.717, 1.165) is 19.5 Å². The summed E-state index contributed by atoms with van der Waals surface area (Å²) in [7, 11) is 2.15. The molecule has 0 aliphatic carbocycles. The minimum absolute atomic E-state index is 0.230. The Labute approximate surface area is 119 Å². The standard InChI is InChI=1S/C17H30N2/c1-13-11-16(17(3,4)5)8-7-15(13)9-10-19(6)14(2)12-18/h7-8,11,14H,9-10,12,18H2,1-6H3. The zero-order chi connectivity index (χ0) is 14.6. The monoisotopic (exact) mass is 262 g/mol. The second-order valence-corrected chi connectivity index (χ2v) is 6.71. The van der Waals surface area contributed by atoms with E-state index in [1.54, 1.807) is 0 Å². The number of rotatable bonds is 5. The van der Waals surface area contributed by atoms with E-state index >= 15 is 0 Å². The molecule has 0 amide bonds. The van der Waals surface area contributed by atoms with Gasteiger partial charge in [0.15, 0.2) is 0 Å². The first-order chi connectivity index (χ1) is 8.75. The number of hydrogen-bond acceptors (Lipinski definition) is 2. The van der Waals surface area contributed by atoms with Crippen LogP contribution in [0, 0.1) is 6.92 Å². The van der Waals surface area contributed by atoms with Crippen molar-refractivity contribution in [3.63, 3.8) is 0 Å². The summed E-state index contributed by atoms with van der Waals surface area (Å²) in [5.74, 6) is 0. The Kier molecular flexibility index (Phi) is 5.57. The number of nitrogens with two attached hydrogens (primary N) is 1. The quantitative estimate of drug-likeness (QED) is 0.883. The summed E-state index contributed by atoms with van der Waals surface area (Å²) in [4.78, 5) is 2.33. The third-order valence-corrected chi connectivity index (χ3v) is 4.04. The van der Waals surface area contributed by atoms with Crippen LogP contribution in [0.25, 0.3) is 0 Å². The van der Waals surface area contributed by atoms with Crippen molar-refractivity contribution >= 4 is 0 Å². The molecule has 0 aliphatic heterocycles. The topological polar surface area (TPSA) is 29.3 Å². The van der Waals surface area contributed by atoms with E-state index in [2.05, 4.69) is 64.8 Å². The molecule has 19 heavy (non-hydrogen) atoms. The molecule has 0 aliphatic rings. The normalized spacial score (nSPS) is 13.9. The number of benzene rings is 1. The Bertz CT molecular complexity index is 404. The highest BCUT2D eigenvalue weighted by atomic mass is 15.1. The van der Waals surface area contributed by atoms with Gasteiger partial charge in [-0.1, -0.05) is 39.0 Å². The van der Waals surface area contributed by atoms with Gasteiger partial charge >= 0.3 is 0 Å². The predicted molar refractivity (Wildman–Crippen MR) is 84.7 cm³/mol. The van der Waals surface area contributed by atoms with Crippen molar-refractivity contribution in [2.45, 2.75) is 52.5 Å². The lowest BCUT2D eigenvalue weighted by Crippen LogP contribution is -2.36. The van der Waals surface area contributed by atoms with Gasteiger partial charge in [0.1, 0.15) is 0 Å². The smallest absolute Gasteiger partial charge is 0.0187 e. The van der Waals surface area contributed by atoms with Gasteiger partial charge in [-0.25, -0.2) is 0 Å². The predicted octanol–water partition coefficient (Wildman–Crippen LogP) is 3.11. The summed E-state index contributed by atoms with van der Waals surface area (Å²) in [6.07, 6.45) is 1.09. The van der Waals surface area contributed by atoms with Crippen molar-refractivity contribution in [3.05, 3.63) is 34.9 Å². The first-order valence-electron chi connectivity index (χ1n) is 7.26. The van der Waals surface area contributed by atoms with Crippen LogP contribution in [0.5, 0.6) is 0 Å². The Morgan fingerprint density at radius 2 is 1.89 bits per heavy atom. The molecule has 0 radical (unpaired) electrons. The van der Waals surface area contributed by atoms with Gasteiger partial charge in [-0.3, -0.25) is 0 Å². The maximum absolute atomic E-state index is 5.70. The van der Waals surface area contributed by atoms with Gasteiger partial charge in [-0.15, -0.1) is 0 Å². The molecule has 1 aromatic rings. The van der Waals surface area contributed by atoms with Crippen LogP contribution in [0.3, 0.4) is 0 Å². The third-order valence-electron chi connectivity index (χ3n) is 4.04. The molecule has 2 N–H and O–H groups in total. The number of likely N-dealkylation sites (N-methyl/N-ethyl adjacent to an activating group) is 1. The third kappa shape index (κ3) is 4.63. The molecule has 0 heterocycles. The molecule has 0 aromatic heterocycles. The highest BCUT2D eigenvalue weighted by molar-refractivity contribution is 5.34. The van der Waals surface area contributed by atoms with Gasteiger partial charge in [0.2, 0.25) is 0 Å². The van der Waals surface area contributed by atoms with Crippen LogP contribution in [0.2, 0.25) is 0 Å². The summed E-state index contributed by atoms with van der Waals surface area (Å²) in [6.45, 7) is 13.0. The highest BCUT2D eigenvalue weighted by Crippen LogP contribution is 2.24. The lowest BCUT2D eigenvalue weighted by molar-refractivity contribution is 0.266. The van der Waals surface area contributed by atoms with Gasteiger partial charge in [0.25, 0.3) is 0 Å². The van der Waals surface area contributed by atoms with Gasteiger partial charge < -0.3 is 10.6 Å². The van der Waals surface area contributed by atoms with Crippen LogP contribution >= 0.6 is 0 Å².